The molecule has 1 unspecified atom stereocenters. The van der Waals surface area contributed by atoms with Gasteiger partial charge in [-0.15, -0.1) is 0 Å². The summed E-state index contributed by atoms with van der Waals surface area (Å²) in [5, 5.41) is 1.70. The minimum atomic E-state index is -4.49. The molecule has 1 N–H and O–H groups in total. The zero-order chi connectivity index (χ0) is 14.0. The molecule has 1 aromatic carbocycles. The van der Waals surface area contributed by atoms with E-state index in [0.717, 1.165) is 0 Å². The standard InChI is InChI=1S/C12H10F3NO3/c13-12(14,15)6-16-10(17)9-5-7-3-1-2-4-8(7)11(18)19-9/h1-4,9H,5-6H2,(H,16,17). The molecule has 7 heteroatoms. The van der Waals surface area contributed by atoms with Crippen molar-refractivity contribution in [1.82, 2.24) is 5.32 Å². The summed E-state index contributed by atoms with van der Waals surface area (Å²) in [6.45, 7) is -1.44. The summed E-state index contributed by atoms with van der Waals surface area (Å²) in [5.41, 5.74) is 0.924. The van der Waals surface area contributed by atoms with Crippen LogP contribution in [0.3, 0.4) is 0 Å². The SMILES string of the molecule is O=C1OC(C(=O)NCC(F)(F)F)Cc2ccccc21. The Labute approximate surface area is 106 Å². The van der Waals surface area contributed by atoms with Crippen LogP contribution in [0, 0.1) is 0 Å². The molecular weight excluding hydrogens is 263 g/mol. The van der Waals surface area contributed by atoms with Gasteiger partial charge in [0.05, 0.1) is 5.56 Å². The van der Waals surface area contributed by atoms with Crippen molar-refractivity contribution in [3.8, 4) is 0 Å². The highest BCUT2D eigenvalue weighted by atomic mass is 19.4. The number of hydrogen-bond donors (Lipinski definition) is 1. The van der Waals surface area contributed by atoms with E-state index in [-0.39, 0.29) is 6.42 Å². The third-order valence-electron chi connectivity index (χ3n) is 2.65. The molecule has 1 aliphatic rings. The Hall–Kier alpha value is -2.05. The van der Waals surface area contributed by atoms with E-state index in [1.54, 1.807) is 29.6 Å². The average Bonchev–Trinajstić information content (AvgIpc) is 2.35. The van der Waals surface area contributed by atoms with Crippen LogP contribution in [0.2, 0.25) is 0 Å². The van der Waals surface area contributed by atoms with Gasteiger partial charge in [0.2, 0.25) is 0 Å². The molecule has 2 rings (SSSR count). The summed E-state index contributed by atoms with van der Waals surface area (Å²) in [6, 6.07) is 6.51. The number of esters is 1. The second-order valence-electron chi connectivity index (χ2n) is 4.09. The molecule has 1 aromatic rings. The van der Waals surface area contributed by atoms with Gasteiger partial charge >= 0.3 is 12.1 Å². The van der Waals surface area contributed by atoms with E-state index >= 15 is 0 Å². The number of hydrogen-bond acceptors (Lipinski definition) is 3. The second kappa shape index (κ2) is 4.91. The molecule has 0 radical (unpaired) electrons. The van der Waals surface area contributed by atoms with Crippen LogP contribution in [0.1, 0.15) is 15.9 Å². The summed E-state index contributed by atoms with van der Waals surface area (Å²) < 4.78 is 40.8. The normalized spacial score (nSPS) is 18.5. The number of nitrogens with one attached hydrogen (secondary N) is 1. The van der Waals surface area contributed by atoms with Gasteiger partial charge in [-0.1, -0.05) is 18.2 Å². The fraction of sp³-hybridized carbons (Fsp3) is 0.333. The highest BCUT2D eigenvalue weighted by Crippen LogP contribution is 2.21. The molecule has 1 aliphatic heterocycles. The molecule has 1 heterocycles. The van der Waals surface area contributed by atoms with Gasteiger partial charge in [-0.2, -0.15) is 13.2 Å². The molecule has 0 saturated heterocycles. The van der Waals surface area contributed by atoms with Gasteiger partial charge < -0.3 is 10.1 Å². The molecule has 0 aromatic heterocycles. The van der Waals surface area contributed by atoms with Crippen molar-refractivity contribution >= 4 is 11.9 Å². The highest BCUT2D eigenvalue weighted by molar-refractivity contribution is 5.95. The largest absolute Gasteiger partial charge is 0.448 e. The first kappa shape index (κ1) is 13.4. The Morgan fingerprint density at radius 1 is 1.37 bits per heavy atom. The topological polar surface area (TPSA) is 55.4 Å². The molecule has 0 saturated carbocycles. The molecule has 0 fully saturated rings. The highest BCUT2D eigenvalue weighted by Gasteiger charge is 2.34. The molecule has 1 amide bonds. The Bertz CT molecular complexity index is 513. The van der Waals surface area contributed by atoms with Gasteiger partial charge in [-0.05, 0) is 11.6 Å². The van der Waals surface area contributed by atoms with Gasteiger partial charge in [0.25, 0.3) is 5.91 Å². The molecule has 0 spiro atoms. The Balaban J connectivity index is 2.05. The van der Waals surface area contributed by atoms with Crippen LogP contribution in [0.15, 0.2) is 24.3 Å². The first-order valence-electron chi connectivity index (χ1n) is 5.50. The lowest BCUT2D eigenvalue weighted by Gasteiger charge is -2.23. The van der Waals surface area contributed by atoms with Crippen LogP contribution < -0.4 is 5.32 Å². The molecule has 0 aliphatic carbocycles. The number of halogens is 3. The lowest BCUT2D eigenvalue weighted by Crippen LogP contribution is -2.44. The van der Waals surface area contributed by atoms with Crippen molar-refractivity contribution in [2.45, 2.75) is 18.7 Å². The number of benzene rings is 1. The van der Waals surface area contributed by atoms with Crippen molar-refractivity contribution in [3.05, 3.63) is 35.4 Å². The number of carbonyl (C=O) groups is 2. The molecule has 1 atom stereocenters. The van der Waals surface area contributed by atoms with Gasteiger partial charge in [0, 0.05) is 6.42 Å². The molecule has 4 nitrogen and oxygen atoms in total. The number of amides is 1. The number of ether oxygens (including phenoxy) is 1. The maximum atomic E-state index is 12.0. The van der Waals surface area contributed by atoms with Crippen LogP contribution in [-0.4, -0.2) is 30.7 Å². The van der Waals surface area contributed by atoms with Crippen molar-refractivity contribution in [3.63, 3.8) is 0 Å². The zero-order valence-electron chi connectivity index (χ0n) is 9.66. The van der Waals surface area contributed by atoms with Crippen LogP contribution in [0.4, 0.5) is 13.2 Å². The average molecular weight is 273 g/mol. The Morgan fingerprint density at radius 3 is 2.74 bits per heavy atom. The minimum absolute atomic E-state index is 0.0750. The second-order valence-corrected chi connectivity index (χ2v) is 4.09. The fourth-order valence-electron chi connectivity index (χ4n) is 1.78. The molecular formula is C12H10F3NO3. The zero-order valence-corrected chi connectivity index (χ0v) is 9.66. The summed E-state index contributed by atoms with van der Waals surface area (Å²) >= 11 is 0. The minimum Gasteiger partial charge on any atom is -0.448 e. The lowest BCUT2D eigenvalue weighted by atomic mass is 9.98. The maximum absolute atomic E-state index is 12.0. The first-order chi connectivity index (χ1) is 8.87. The Morgan fingerprint density at radius 2 is 2.05 bits per heavy atom. The van der Waals surface area contributed by atoms with E-state index in [4.69, 9.17) is 4.74 Å². The molecule has 102 valence electrons. The van der Waals surface area contributed by atoms with E-state index in [0.29, 0.717) is 11.1 Å². The lowest BCUT2D eigenvalue weighted by molar-refractivity contribution is -0.143. The summed E-state index contributed by atoms with van der Waals surface area (Å²) in [6.07, 6.45) is -5.64. The van der Waals surface area contributed by atoms with Gasteiger partial charge in [0.15, 0.2) is 6.10 Å². The quantitative estimate of drug-likeness (QED) is 0.830. The monoisotopic (exact) mass is 273 g/mol. The van der Waals surface area contributed by atoms with E-state index in [2.05, 4.69) is 0 Å². The van der Waals surface area contributed by atoms with Crippen molar-refractivity contribution < 1.29 is 27.5 Å². The predicted molar refractivity (Wildman–Crippen MR) is 58.4 cm³/mol. The first-order valence-corrected chi connectivity index (χ1v) is 5.50. The van der Waals surface area contributed by atoms with Crippen LogP contribution >= 0.6 is 0 Å². The summed E-state index contributed by atoms with van der Waals surface area (Å²) in [5.74, 6) is -1.64. The van der Waals surface area contributed by atoms with Crippen molar-refractivity contribution in [1.29, 1.82) is 0 Å². The third kappa shape index (κ3) is 3.24. The number of carbonyl (C=O) groups excluding carboxylic acids is 2. The van der Waals surface area contributed by atoms with Crippen molar-refractivity contribution in [2.24, 2.45) is 0 Å². The van der Waals surface area contributed by atoms with Gasteiger partial charge in [-0.3, -0.25) is 4.79 Å². The van der Waals surface area contributed by atoms with Crippen LogP contribution in [0.5, 0.6) is 0 Å². The smallest absolute Gasteiger partial charge is 0.405 e. The van der Waals surface area contributed by atoms with Crippen LogP contribution in [0.25, 0.3) is 0 Å². The van der Waals surface area contributed by atoms with Crippen LogP contribution in [-0.2, 0) is 16.0 Å². The van der Waals surface area contributed by atoms with E-state index in [9.17, 15) is 22.8 Å². The predicted octanol–water partition coefficient (Wildman–Crippen LogP) is 1.45. The van der Waals surface area contributed by atoms with Gasteiger partial charge in [0.1, 0.15) is 6.54 Å². The fourth-order valence-corrected chi connectivity index (χ4v) is 1.78. The molecule has 0 bridgehead atoms. The van der Waals surface area contributed by atoms with E-state index in [1.807, 2.05) is 0 Å². The number of rotatable bonds is 2. The van der Waals surface area contributed by atoms with Gasteiger partial charge in [-0.25, -0.2) is 4.79 Å². The number of alkyl halides is 3. The number of fused-ring (bicyclic) bond motifs is 1. The van der Waals surface area contributed by atoms with E-state index < -0.39 is 30.7 Å². The third-order valence-corrected chi connectivity index (χ3v) is 2.65. The summed E-state index contributed by atoms with van der Waals surface area (Å²) in [4.78, 5) is 23.1. The number of cyclic esters (lactones) is 1. The summed E-state index contributed by atoms with van der Waals surface area (Å²) in [7, 11) is 0. The Kier molecular flexibility index (Phi) is 3.46. The molecule has 19 heavy (non-hydrogen) atoms. The van der Waals surface area contributed by atoms with Crippen molar-refractivity contribution in [2.75, 3.05) is 6.54 Å². The van der Waals surface area contributed by atoms with E-state index in [1.165, 1.54) is 0 Å². The maximum Gasteiger partial charge on any atom is 0.405 e.